The number of nitrogens with zero attached hydrogens (tertiary/aromatic N) is 1. The number of piperidine rings is 1. The monoisotopic (exact) mass is 202 g/mol. The molecule has 1 N–H and O–H groups in total. The van der Waals surface area contributed by atoms with Gasteiger partial charge in [0.15, 0.2) is 0 Å². The van der Waals surface area contributed by atoms with Gasteiger partial charge in [0.05, 0.1) is 0 Å². The van der Waals surface area contributed by atoms with Crippen molar-refractivity contribution in [2.24, 2.45) is 4.99 Å². The van der Waals surface area contributed by atoms with E-state index in [2.05, 4.69) is 10.3 Å². The first-order valence-corrected chi connectivity index (χ1v) is 5.22. The third kappa shape index (κ3) is 2.65. The standard InChI is InChI=1S/C12H14N2O/c15-12-11(7-4-8-13-12)14-9-10-5-2-1-3-6-10/h1-3,5-6,9,11H,4,7-8H2,(H,13,15)/b14-9+/t11-/m0/s1. The highest BCUT2D eigenvalue weighted by molar-refractivity contribution is 5.87. The number of aliphatic imine (C=N–C) groups is 1. The summed E-state index contributed by atoms with van der Waals surface area (Å²) in [7, 11) is 0. The van der Waals surface area contributed by atoms with E-state index < -0.39 is 0 Å². The second kappa shape index (κ2) is 4.73. The molecular formula is C12H14N2O. The summed E-state index contributed by atoms with van der Waals surface area (Å²) in [5.74, 6) is 0.0495. The van der Waals surface area contributed by atoms with E-state index in [9.17, 15) is 4.79 Å². The maximum Gasteiger partial charge on any atom is 0.244 e. The van der Waals surface area contributed by atoms with E-state index in [0.717, 1.165) is 24.9 Å². The van der Waals surface area contributed by atoms with Crippen LogP contribution < -0.4 is 5.32 Å². The molecule has 0 aromatic heterocycles. The molecule has 1 atom stereocenters. The SMILES string of the molecule is O=C1NCCC[C@@H]1/N=C/c1ccccc1. The van der Waals surface area contributed by atoms with Crippen LogP contribution in [-0.4, -0.2) is 24.7 Å². The van der Waals surface area contributed by atoms with Gasteiger partial charge in [-0.15, -0.1) is 0 Å². The Bertz CT molecular complexity index is 359. The van der Waals surface area contributed by atoms with Crippen molar-refractivity contribution >= 4 is 12.1 Å². The van der Waals surface area contributed by atoms with Gasteiger partial charge in [-0.05, 0) is 18.4 Å². The van der Waals surface area contributed by atoms with Crippen molar-refractivity contribution in [3.63, 3.8) is 0 Å². The molecule has 1 fully saturated rings. The molecule has 1 heterocycles. The number of rotatable bonds is 2. The number of hydrogen-bond acceptors (Lipinski definition) is 2. The normalized spacial score (nSPS) is 21.6. The highest BCUT2D eigenvalue weighted by atomic mass is 16.2. The van der Waals surface area contributed by atoms with Gasteiger partial charge < -0.3 is 5.32 Å². The molecule has 3 heteroatoms. The van der Waals surface area contributed by atoms with Crippen molar-refractivity contribution in [3.8, 4) is 0 Å². The number of hydrogen-bond donors (Lipinski definition) is 1. The molecule has 3 nitrogen and oxygen atoms in total. The first-order valence-electron chi connectivity index (χ1n) is 5.22. The summed E-state index contributed by atoms with van der Waals surface area (Å²) in [5, 5.41) is 2.82. The Balaban J connectivity index is 2.01. The number of benzene rings is 1. The van der Waals surface area contributed by atoms with Gasteiger partial charge in [-0.1, -0.05) is 30.3 Å². The molecule has 2 rings (SSSR count). The largest absolute Gasteiger partial charge is 0.354 e. The van der Waals surface area contributed by atoms with Crippen LogP contribution in [0.5, 0.6) is 0 Å². The topological polar surface area (TPSA) is 41.5 Å². The lowest BCUT2D eigenvalue weighted by atomic mass is 10.1. The average molecular weight is 202 g/mol. The Kier molecular flexibility index (Phi) is 3.12. The van der Waals surface area contributed by atoms with Crippen LogP contribution >= 0.6 is 0 Å². The van der Waals surface area contributed by atoms with E-state index in [4.69, 9.17) is 0 Å². The van der Waals surface area contributed by atoms with Crippen LogP contribution in [0.15, 0.2) is 35.3 Å². The lowest BCUT2D eigenvalue weighted by Crippen LogP contribution is -2.39. The molecule has 1 aliphatic heterocycles. The molecule has 1 aromatic carbocycles. The lowest BCUT2D eigenvalue weighted by molar-refractivity contribution is -0.123. The molecule has 1 saturated heterocycles. The summed E-state index contributed by atoms with van der Waals surface area (Å²) in [6.07, 6.45) is 3.65. The molecule has 1 aliphatic rings. The fourth-order valence-electron chi connectivity index (χ4n) is 1.61. The van der Waals surface area contributed by atoms with Gasteiger partial charge in [-0.25, -0.2) is 0 Å². The second-order valence-corrected chi connectivity index (χ2v) is 3.64. The first kappa shape index (κ1) is 9.90. The van der Waals surface area contributed by atoms with E-state index >= 15 is 0 Å². The third-order valence-electron chi connectivity index (χ3n) is 2.46. The van der Waals surface area contributed by atoms with Crippen molar-refractivity contribution in [1.29, 1.82) is 0 Å². The van der Waals surface area contributed by atoms with Crippen molar-refractivity contribution in [1.82, 2.24) is 5.32 Å². The fraction of sp³-hybridized carbons (Fsp3) is 0.333. The molecule has 0 bridgehead atoms. The van der Waals surface area contributed by atoms with Gasteiger partial charge in [0.2, 0.25) is 5.91 Å². The summed E-state index contributed by atoms with van der Waals surface area (Å²) < 4.78 is 0. The van der Waals surface area contributed by atoms with E-state index in [1.807, 2.05) is 30.3 Å². The molecular weight excluding hydrogens is 188 g/mol. The van der Waals surface area contributed by atoms with Crippen molar-refractivity contribution in [2.45, 2.75) is 18.9 Å². The minimum Gasteiger partial charge on any atom is -0.354 e. The van der Waals surface area contributed by atoms with Crippen LogP contribution in [0.1, 0.15) is 18.4 Å². The zero-order valence-electron chi connectivity index (χ0n) is 8.52. The maximum absolute atomic E-state index is 11.4. The summed E-state index contributed by atoms with van der Waals surface area (Å²) in [4.78, 5) is 15.7. The van der Waals surface area contributed by atoms with E-state index in [0.29, 0.717) is 0 Å². The Labute approximate surface area is 89.2 Å². The zero-order chi connectivity index (χ0) is 10.5. The molecule has 1 aromatic rings. The molecule has 15 heavy (non-hydrogen) atoms. The second-order valence-electron chi connectivity index (χ2n) is 3.64. The molecule has 0 radical (unpaired) electrons. The van der Waals surface area contributed by atoms with Crippen LogP contribution in [0.25, 0.3) is 0 Å². The number of amides is 1. The Morgan fingerprint density at radius 3 is 2.87 bits per heavy atom. The summed E-state index contributed by atoms with van der Waals surface area (Å²) >= 11 is 0. The molecule has 0 spiro atoms. The van der Waals surface area contributed by atoms with Crippen molar-refractivity contribution < 1.29 is 4.79 Å². The quantitative estimate of drug-likeness (QED) is 0.723. The number of carbonyl (C=O) groups is 1. The van der Waals surface area contributed by atoms with Crippen LogP contribution in [-0.2, 0) is 4.79 Å². The molecule has 1 amide bonds. The van der Waals surface area contributed by atoms with Gasteiger partial charge in [0.25, 0.3) is 0 Å². The summed E-state index contributed by atoms with van der Waals surface area (Å²) in [6.45, 7) is 0.788. The molecule has 0 aliphatic carbocycles. The Hall–Kier alpha value is -1.64. The number of carbonyl (C=O) groups excluding carboxylic acids is 1. The smallest absolute Gasteiger partial charge is 0.244 e. The van der Waals surface area contributed by atoms with Crippen LogP contribution in [0, 0.1) is 0 Å². The van der Waals surface area contributed by atoms with Gasteiger partial charge in [-0.3, -0.25) is 9.79 Å². The van der Waals surface area contributed by atoms with E-state index in [-0.39, 0.29) is 11.9 Å². The van der Waals surface area contributed by atoms with Crippen LogP contribution in [0.2, 0.25) is 0 Å². The maximum atomic E-state index is 11.4. The fourth-order valence-corrected chi connectivity index (χ4v) is 1.61. The van der Waals surface area contributed by atoms with E-state index in [1.165, 1.54) is 0 Å². The average Bonchev–Trinajstić information content (AvgIpc) is 2.29. The highest BCUT2D eigenvalue weighted by Gasteiger charge is 2.19. The van der Waals surface area contributed by atoms with Crippen LogP contribution in [0.3, 0.4) is 0 Å². The minimum absolute atomic E-state index is 0.0495. The van der Waals surface area contributed by atoms with Crippen molar-refractivity contribution in [2.75, 3.05) is 6.54 Å². The Morgan fingerprint density at radius 2 is 2.13 bits per heavy atom. The highest BCUT2D eigenvalue weighted by Crippen LogP contribution is 2.07. The van der Waals surface area contributed by atoms with Gasteiger partial charge in [0, 0.05) is 12.8 Å². The first-order chi connectivity index (χ1) is 7.36. The van der Waals surface area contributed by atoms with Gasteiger partial charge in [0.1, 0.15) is 6.04 Å². The zero-order valence-corrected chi connectivity index (χ0v) is 8.52. The summed E-state index contributed by atoms with van der Waals surface area (Å²) in [6, 6.07) is 9.64. The van der Waals surface area contributed by atoms with Crippen molar-refractivity contribution in [3.05, 3.63) is 35.9 Å². The van der Waals surface area contributed by atoms with Crippen LogP contribution in [0.4, 0.5) is 0 Å². The predicted molar refractivity (Wildman–Crippen MR) is 60.1 cm³/mol. The minimum atomic E-state index is -0.195. The molecule has 0 saturated carbocycles. The Morgan fingerprint density at radius 1 is 1.33 bits per heavy atom. The van der Waals surface area contributed by atoms with Gasteiger partial charge >= 0.3 is 0 Å². The predicted octanol–water partition coefficient (Wildman–Crippen LogP) is 1.38. The summed E-state index contributed by atoms with van der Waals surface area (Å²) in [5.41, 5.74) is 1.04. The molecule has 0 unspecified atom stereocenters. The third-order valence-corrected chi connectivity index (χ3v) is 2.46. The number of nitrogens with one attached hydrogen (secondary N) is 1. The lowest BCUT2D eigenvalue weighted by Gasteiger charge is -2.17. The molecule has 78 valence electrons. The van der Waals surface area contributed by atoms with E-state index in [1.54, 1.807) is 6.21 Å². The van der Waals surface area contributed by atoms with Gasteiger partial charge in [-0.2, -0.15) is 0 Å².